The number of amides is 2. The predicted molar refractivity (Wildman–Crippen MR) is 73.3 cm³/mol. The van der Waals surface area contributed by atoms with Gasteiger partial charge in [0.05, 0.1) is 6.54 Å². The van der Waals surface area contributed by atoms with Gasteiger partial charge in [-0.05, 0) is 30.7 Å². The molecule has 19 heavy (non-hydrogen) atoms. The molecule has 0 aliphatic carbocycles. The first kappa shape index (κ1) is 14.7. The minimum Gasteiger partial charge on any atom is -0.370 e. The molecular weight excluding hydrogens is 242 g/mol. The maximum absolute atomic E-state index is 11.9. The Hall–Kier alpha value is -2.32. The van der Waals surface area contributed by atoms with Gasteiger partial charge in [0.25, 0.3) is 5.91 Å². The van der Waals surface area contributed by atoms with Crippen LogP contribution in [-0.2, 0) is 4.79 Å². The van der Waals surface area contributed by atoms with E-state index < -0.39 is 5.91 Å². The molecule has 0 fully saturated rings. The van der Waals surface area contributed by atoms with E-state index in [1.54, 1.807) is 12.1 Å². The zero-order chi connectivity index (χ0) is 14.3. The summed E-state index contributed by atoms with van der Waals surface area (Å²) in [5, 5.41) is 2.63. The van der Waals surface area contributed by atoms with Crippen LogP contribution in [0.4, 0.5) is 0 Å². The molecule has 0 heterocycles. The summed E-state index contributed by atoms with van der Waals surface area (Å²) in [6.45, 7) is 2.38. The summed E-state index contributed by atoms with van der Waals surface area (Å²) in [7, 11) is 0. The van der Waals surface area contributed by atoms with Gasteiger partial charge in [0.2, 0.25) is 5.91 Å². The first-order valence-electron chi connectivity index (χ1n) is 5.90. The number of carbonyl (C=O) groups excluding carboxylic acids is 2. The summed E-state index contributed by atoms with van der Waals surface area (Å²) in [5.41, 5.74) is 12.5. The summed E-state index contributed by atoms with van der Waals surface area (Å²) in [4.78, 5) is 22.5. The van der Waals surface area contributed by atoms with Crippen molar-refractivity contribution in [1.29, 1.82) is 0 Å². The number of benzene rings is 1. The number of aryl methyl sites for hydroxylation is 1. The average Bonchev–Trinajstić information content (AvgIpc) is 2.35. The van der Waals surface area contributed by atoms with Crippen molar-refractivity contribution in [3.05, 3.63) is 34.9 Å². The summed E-state index contributed by atoms with van der Waals surface area (Å²) < 4.78 is 0. The zero-order valence-electron chi connectivity index (χ0n) is 10.8. The van der Waals surface area contributed by atoms with Crippen LogP contribution in [0.3, 0.4) is 0 Å². The number of rotatable bonds is 4. The second kappa shape index (κ2) is 7.19. The van der Waals surface area contributed by atoms with Crippen LogP contribution in [0.5, 0.6) is 0 Å². The molecule has 0 aliphatic rings. The summed E-state index contributed by atoms with van der Waals surface area (Å²) in [6, 6.07) is 5.32. The van der Waals surface area contributed by atoms with Crippen LogP contribution in [0.1, 0.15) is 27.9 Å². The third-order valence-corrected chi connectivity index (χ3v) is 2.33. The molecule has 0 aromatic heterocycles. The molecule has 0 spiro atoms. The van der Waals surface area contributed by atoms with Gasteiger partial charge in [-0.15, -0.1) is 0 Å². The number of nitrogens with two attached hydrogens (primary N) is 2. The van der Waals surface area contributed by atoms with Crippen LogP contribution in [0.2, 0.25) is 0 Å². The number of hydrogen-bond acceptors (Lipinski definition) is 3. The fourth-order valence-electron chi connectivity index (χ4n) is 1.54. The van der Waals surface area contributed by atoms with Gasteiger partial charge in [-0.1, -0.05) is 11.8 Å². The van der Waals surface area contributed by atoms with Gasteiger partial charge in [-0.25, -0.2) is 0 Å². The molecule has 5 nitrogen and oxygen atoms in total. The third-order valence-electron chi connectivity index (χ3n) is 2.33. The zero-order valence-corrected chi connectivity index (χ0v) is 10.8. The Morgan fingerprint density at radius 2 is 2.05 bits per heavy atom. The lowest BCUT2D eigenvalue weighted by atomic mass is 10.1. The van der Waals surface area contributed by atoms with Crippen molar-refractivity contribution in [3.8, 4) is 11.8 Å². The smallest absolute Gasteiger partial charge is 0.251 e. The molecular formula is C14H17N3O2. The van der Waals surface area contributed by atoms with Gasteiger partial charge in [0, 0.05) is 24.1 Å². The van der Waals surface area contributed by atoms with Crippen molar-refractivity contribution < 1.29 is 9.59 Å². The molecule has 5 N–H and O–H groups in total. The van der Waals surface area contributed by atoms with E-state index in [0.29, 0.717) is 5.56 Å². The van der Waals surface area contributed by atoms with Gasteiger partial charge >= 0.3 is 0 Å². The summed E-state index contributed by atoms with van der Waals surface area (Å²) >= 11 is 0. The lowest BCUT2D eigenvalue weighted by Gasteiger charge is -2.05. The fourth-order valence-corrected chi connectivity index (χ4v) is 1.54. The maximum atomic E-state index is 11.9. The molecule has 5 heteroatoms. The molecule has 1 rings (SSSR count). The van der Waals surface area contributed by atoms with Crippen LogP contribution >= 0.6 is 0 Å². The van der Waals surface area contributed by atoms with Gasteiger partial charge in [0.1, 0.15) is 0 Å². The highest BCUT2D eigenvalue weighted by Crippen LogP contribution is 2.09. The van der Waals surface area contributed by atoms with Gasteiger partial charge in [0.15, 0.2) is 0 Å². The molecule has 0 bridgehead atoms. The quantitative estimate of drug-likeness (QED) is 0.659. The Balaban J connectivity index is 2.79. The minimum atomic E-state index is -0.445. The molecule has 1 aromatic rings. The van der Waals surface area contributed by atoms with E-state index in [4.69, 9.17) is 11.5 Å². The number of hydrogen-bond donors (Lipinski definition) is 3. The van der Waals surface area contributed by atoms with E-state index in [-0.39, 0.29) is 25.4 Å². The van der Waals surface area contributed by atoms with E-state index in [0.717, 1.165) is 11.1 Å². The highest BCUT2D eigenvalue weighted by atomic mass is 16.2. The van der Waals surface area contributed by atoms with Crippen LogP contribution in [0.15, 0.2) is 18.2 Å². The first-order chi connectivity index (χ1) is 9.02. The second-order valence-corrected chi connectivity index (χ2v) is 4.07. The van der Waals surface area contributed by atoms with Crippen molar-refractivity contribution in [2.24, 2.45) is 11.5 Å². The van der Waals surface area contributed by atoms with Gasteiger partial charge in [-0.2, -0.15) is 0 Å². The van der Waals surface area contributed by atoms with Crippen molar-refractivity contribution in [2.75, 3.05) is 13.1 Å². The predicted octanol–water partition coefficient (Wildman–Crippen LogP) is -0.0896. The second-order valence-electron chi connectivity index (χ2n) is 4.07. The third kappa shape index (κ3) is 5.23. The van der Waals surface area contributed by atoms with Gasteiger partial charge < -0.3 is 16.8 Å². The Morgan fingerprint density at radius 3 is 2.68 bits per heavy atom. The SMILES string of the molecule is Cc1cc(C#CCN)cc(C(=O)NCCC(N)=O)c1. The summed E-state index contributed by atoms with van der Waals surface area (Å²) in [5.74, 6) is 4.93. The van der Waals surface area contributed by atoms with E-state index in [9.17, 15) is 9.59 Å². The maximum Gasteiger partial charge on any atom is 0.251 e. The van der Waals surface area contributed by atoms with E-state index in [2.05, 4.69) is 17.2 Å². The first-order valence-corrected chi connectivity index (χ1v) is 5.90. The van der Waals surface area contributed by atoms with Crippen molar-refractivity contribution >= 4 is 11.8 Å². The molecule has 2 amide bonds. The van der Waals surface area contributed by atoms with Crippen LogP contribution < -0.4 is 16.8 Å². The average molecular weight is 259 g/mol. The molecule has 100 valence electrons. The summed E-state index contributed by atoms with van der Waals surface area (Å²) in [6.07, 6.45) is 0.122. The molecule has 1 aromatic carbocycles. The minimum absolute atomic E-state index is 0.122. The molecule has 0 radical (unpaired) electrons. The van der Waals surface area contributed by atoms with E-state index in [1.807, 2.05) is 13.0 Å². The number of primary amides is 1. The van der Waals surface area contributed by atoms with E-state index >= 15 is 0 Å². The Morgan fingerprint density at radius 1 is 1.32 bits per heavy atom. The standard InChI is InChI=1S/C14H17N3O2/c1-10-7-11(3-2-5-15)9-12(8-10)14(19)17-6-4-13(16)18/h7-9H,4-6,15H2,1H3,(H2,16,18)(H,17,19). The van der Waals surface area contributed by atoms with Crippen LogP contribution in [-0.4, -0.2) is 24.9 Å². The van der Waals surface area contributed by atoms with Crippen molar-refractivity contribution in [3.63, 3.8) is 0 Å². The fraction of sp³-hybridized carbons (Fsp3) is 0.286. The normalized spacial score (nSPS) is 9.37. The molecule has 0 atom stereocenters. The Kier molecular flexibility index (Phi) is 5.58. The lowest BCUT2D eigenvalue weighted by Crippen LogP contribution is -2.27. The largest absolute Gasteiger partial charge is 0.370 e. The van der Waals surface area contributed by atoms with Gasteiger partial charge in [-0.3, -0.25) is 9.59 Å². The number of nitrogens with one attached hydrogen (secondary N) is 1. The van der Waals surface area contributed by atoms with E-state index in [1.165, 1.54) is 0 Å². The lowest BCUT2D eigenvalue weighted by molar-refractivity contribution is -0.117. The highest BCUT2D eigenvalue weighted by Gasteiger charge is 2.07. The Labute approximate surface area is 112 Å². The van der Waals surface area contributed by atoms with Crippen LogP contribution in [0.25, 0.3) is 0 Å². The highest BCUT2D eigenvalue weighted by molar-refractivity contribution is 5.95. The monoisotopic (exact) mass is 259 g/mol. The molecule has 0 saturated heterocycles. The number of carbonyl (C=O) groups is 2. The van der Waals surface area contributed by atoms with Crippen LogP contribution in [0, 0.1) is 18.8 Å². The Bertz CT molecular complexity index is 541. The van der Waals surface area contributed by atoms with Crippen molar-refractivity contribution in [2.45, 2.75) is 13.3 Å². The molecule has 0 unspecified atom stereocenters. The van der Waals surface area contributed by atoms with Crippen molar-refractivity contribution in [1.82, 2.24) is 5.32 Å². The molecule has 0 aliphatic heterocycles. The topological polar surface area (TPSA) is 98.2 Å². The molecule has 0 saturated carbocycles.